The van der Waals surface area contributed by atoms with Crippen LogP contribution < -0.4 is 16.0 Å². The summed E-state index contributed by atoms with van der Waals surface area (Å²) in [5, 5.41) is 19.7. The molecule has 0 spiro atoms. The van der Waals surface area contributed by atoms with E-state index in [9.17, 15) is 23.6 Å². The molecule has 4 atom stereocenters. The number of thiazole rings is 2. The van der Waals surface area contributed by atoms with Gasteiger partial charge in [-0.1, -0.05) is 39.8 Å². The molecule has 0 aliphatic carbocycles. The molecule has 4 N–H and O–H groups in total. The molecule has 414 valence electrons. The Morgan fingerprint density at radius 2 is 1.18 bits per heavy atom. The fourth-order valence-electron chi connectivity index (χ4n) is 10.7. The number of alkyl halides is 1. The van der Waals surface area contributed by atoms with E-state index in [4.69, 9.17) is 16.4 Å². The lowest BCUT2D eigenvalue weighted by Crippen LogP contribution is -2.46. The number of rotatable bonds is 8. The van der Waals surface area contributed by atoms with Crippen LogP contribution in [0.3, 0.4) is 0 Å². The van der Waals surface area contributed by atoms with E-state index in [0.29, 0.717) is 41.7 Å². The highest BCUT2D eigenvalue weighted by Gasteiger charge is 2.35. The number of carbonyl (C=O) groups excluding carboxylic acids is 3. The van der Waals surface area contributed by atoms with E-state index in [1.54, 1.807) is 28.5 Å². The third-order valence-electron chi connectivity index (χ3n) is 15.6. The summed E-state index contributed by atoms with van der Waals surface area (Å²) in [4.78, 5) is 72.7. The summed E-state index contributed by atoms with van der Waals surface area (Å²) in [6.07, 6.45) is 13.9. The van der Waals surface area contributed by atoms with Crippen LogP contribution in [0.15, 0.2) is 60.9 Å². The number of piperidine rings is 4. The minimum atomic E-state index is -1.51. The first-order valence-electron chi connectivity index (χ1n) is 28.0. The number of nitrogens with zero attached hydrogens (tertiary/aromatic N) is 7. The summed E-state index contributed by atoms with van der Waals surface area (Å²) in [5.41, 5.74) is 9.53. The lowest BCUT2D eigenvalue weighted by Gasteiger charge is -2.38. The molecule has 8 heterocycles. The molecule has 4 aliphatic heterocycles. The molecule has 0 radical (unpaired) electrons. The van der Waals surface area contributed by atoms with Crippen molar-refractivity contribution in [2.24, 2.45) is 11.8 Å². The first-order valence-corrected chi connectivity index (χ1v) is 28.9. The van der Waals surface area contributed by atoms with Crippen LogP contribution >= 0.6 is 22.7 Å². The van der Waals surface area contributed by atoms with Crippen LogP contribution in [0, 0.1) is 25.7 Å². The maximum absolute atomic E-state index is 13.4. The third kappa shape index (κ3) is 15.5. The number of aliphatic carboxylic acids is 1. The van der Waals surface area contributed by atoms with Crippen molar-refractivity contribution in [2.45, 2.75) is 130 Å². The summed E-state index contributed by atoms with van der Waals surface area (Å²) < 4.78 is 18.0. The number of likely N-dealkylation sites (tertiary alicyclic amines) is 3. The number of fused-ring (bicyclic) bond motifs is 2. The number of aryl methyl sites for hydroxylation is 4. The highest BCUT2D eigenvalue weighted by Crippen LogP contribution is 2.39. The quantitative estimate of drug-likeness (QED) is 0.106. The van der Waals surface area contributed by atoms with E-state index < -0.39 is 30.8 Å². The maximum atomic E-state index is 13.4. The molecule has 18 heteroatoms. The standard InChI is InChI=1S/C29H37N5O2S.C19H27N3S.C10H12N2O3.CH3F/c1-5-20-14-23(16-30-19(20)3)31-27(35)29(36)34-17-18(2)6-8-25(34)22-7-9-26-24(15-22)32-28(37-26)21-10-12-33(4)13-11-21;1-13-3-5-16(20-12-13)15-4-6-18-17(11-15)21-19(23-18)14-7-9-22(2)10-8-14;1-3-7-4-8(5-11-6(7)2)12-9(13)10(14)15;1-2/h7,9,14-16,18,21,25H,5-6,8,10-13,17H2,1-4H3,(H,31,35);4,6,11,13-14,16,20H,3,5,7-10,12H2,1-2H3;4-5H,3H2,1-2H3,(H,12,13)(H,14,15);1H3/t18-,25+;13-,16+;;/m00../s1/i;;;1D. The largest absolute Gasteiger partial charge is 0.474 e. The molecule has 6 aromatic rings. The Bertz CT molecular complexity index is 2970. The summed E-state index contributed by atoms with van der Waals surface area (Å²) in [6.45, 7) is 18.7. The monoisotopic (exact) mass is 1090 g/mol. The lowest BCUT2D eigenvalue weighted by molar-refractivity contribution is -0.147. The van der Waals surface area contributed by atoms with Gasteiger partial charge in [-0.05, 0) is 195 Å². The molecule has 0 unspecified atom stereocenters. The van der Waals surface area contributed by atoms with E-state index >= 15 is 0 Å². The number of hydrogen-bond donors (Lipinski definition) is 4. The molecule has 4 aromatic heterocycles. The number of anilines is 2. The van der Waals surface area contributed by atoms with Gasteiger partial charge in [0, 0.05) is 35.8 Å². The van der Waals surface area contributed by atoms with E-state index in [1.165, 1.54) is 75.5 Å². The maximum Gasteiger partial charge on any atom is 0.394 e. The van der Waals surface area contributed by atoms with Gasteiger partial charge < -0.3 is 35.8 Å². The highest BCUT2D eigenvalue weighted by molar-refractivity contribution is 7.19. The molecule has 10 rings (SSSR count). The van der Waals surface area contributed by atoms with Crippen molar-refractivity contribution in [3.05, 3.63) is 105 Å². The van der Waals surface area contributed by atoms with Crippen molar-refractivity contribution in [1.82, 2.24) is 40.0 Å². The molecule has 4 aliphatic rings. The predicted octanol–water partition coefficient (Wildman–Crippen LogP) is 11.0. The first-order chi connectivity index (χ1) is 37.5. The number of carboxylic acid groups (broad SMARTS) is 1. The first kappa shape index (κ1) is 57.4. The van der Waals surface area contributed by atoms with Crippen LogP contribution in [-0.4, -0.2) is 124 Å². The third-order valence-corrected chi connectivity index (χ3v) is 18.0. The van der Waals surface area contributed by atoms with Crippen molar-refractivity contribution in [3.8, 4) is 0 Å². The fraction of sp³-hybridized carbons (Fsp3) is 0.525. The second-order valence-corrected chi connectivity index (χ2v) is 23.5. The number of pyridine rings is 2. The minimum Gasteiger partial charge on any atom is -0.474 e. The Hall–Kier alpha value is -5.79. The molecule has 2 aromatic carbocycles. The number of benzene rings is 2. The van der Waals surface area contributed by atoms with Gasteiger partial charge in [-0.25, -0.2) is 14.8 Å². The topological polar surface area (TPSA) is 186 Å². The summed E-state index contributed by atoms with van der Waals surface area (Å²) in [6, 6.07) is 17.4. The van der Waals surface area contributed by atoms with Crippen molar-refractivity contribution < 1.29 is 30.0 Å². The molecule has 77 heavy (non-hydrogen) atoms. The van der Waals surface area contributed by atoms with Gasteiger partial charge in [0.25, 0.3) is 0 Å². The van der Waals surface area contributed by atoms with Crippen LogP contribution in [0.25, 0.3) is 20.4 Å². The molecule has 4 fully saturated rings. The van der Waals surface area contributed by atoms with E-state index in [1.807, 2.05) is 38.2 Å². The highest BCUT2D eigenvalue weighted by atomic mass is 32.1. The van der Waals surface area contributed by atoms with Crippen molar-refractivity contribution in [2.75, 3.05) is 71.2 Å². The van der Waals surface area contributed by atoms with Gasteiger partial charge in [-0.3, -0.25) is 28.7 Å². The van der Waals surface area contributed by atoms with Crippen LogP contribution in [0.1, 0.15) is 148 Å². The number of carbonyl (C=O) groups is 4. The molecule has 0 saturated carbocycles. The van der Waals surface area contributed by atoms with Crippen LogP contribution in [-0.2, 0) is 32.0 Å². The summed E-state index contributed by atoms with van der Waals surface area (Å²) in [7, 11) is 3.40. The molecular formula is C59H79FN10O5S2. The molecule has 3 amide bonds. The van der Waals surface area contributed by atoms with Gasteiger partial charge in [0.1, 0.15) is 0 Å². The number of nitrogens with one attached hydrogen (secondary N) is 3. The van der Waals surface area contributed by atoms with Crippen molar-refractivity contribution in [3.63, 3.8) is 0 Å². The number of amides is 3. The van der Waals surface area contributed by atoms with E-state index in [-0.39, 0.29) is 6.04 Å². The van der Waals surface area contributed by atoms with Crippen molar-refractivity contribution in [1.29, 1.82) is 0 Å². The second-order valence-electron chi connectivity index (χ2n) is 21.4. The zero-order valence-electron chi connectivity index (χ0n) is 47.2. The average molecular weight is 1090 g/mol. The second kappa shape index (κ2) is 27.7. The zero-order valence-corrected chi connectivity index (χ0v) is 47.8. The van der Waals surface area contributed by atoms with Crippen molar-refractivity contribution >= 4 is 78.2 Å². The van der Waals surface area contributed by atoms with Gasteiger partial charge in [0.15, 0.2) is 0 Å². The van der Waals surface area contributed by atoms with Gasteiger partial charge in [-0.2, -0.15) is 0 Å². The van der Waals surface area contributed by atoms with Crippen LogP contribution in [0.5, 0.6) is 0 Å². The fourth-order valence-corrected chi connectivity index (χ4v) is 13.0. The van der Waals surface area contributed by atoms with Crippen LogP contribution in [0.2, 0.25) is 0 Å². The Morgan fingerprint density at radius 3 is 1.66 bits per heavy atom. The van der Waals surface area contributed by atoms with Gasteiger partial charge in [0.05, 0.1) is 68.8 Å². The summed E-state index contributed by atoms with van der Waals surface area (Å²) in [5.74, 6) is -1.30. The van der Waals surface area contributed by atoms with E-state index in [0.717, 1.165) is 97.7 Å². The molecular weight excluding hydrogens is 1010 g/mol. The Labute approximate surface area is 463 Å². The SMILES string of the molecule is CCc1cc(NC(=O)C(=O)N2C[C@@H](C)CC[C@@H]2c2ccc3sc(C4CCN(C)CC4)nc3c2)cnc1C.CCc1cc(NC(=O)C(=O)O)cnc1C.C[C@H]1CC[C@H](c2ccc3sc(C4CCN(C)CC4)nc3c2)NC1.[2H]CF. The van der Waals surface area contributed by atoms with E-state index in [2.05, 4.69) is 107 Å². The number of hydrogen-bond acceptors (Lipinski definition) is 13. The average Bonchev–Trinajstić information content (AvgIpc) is 4.08. The molecule has 0 bridgehead atoms. The predicted molar refractivity (Wildman–Crippen MR) is 309 cm³/mol. The summed E-state index contributed by atoms with van der Waals surface area (Å²) >= 11 is 3.71. The normalized spacial score (nSPS) is 20.6. The van der Waals surface area contributed by atoms with Crippen LogP contribution in [0.4, 0.5) is 15.8 Å². The smallest absolute Gasteiger partial charge is 0.394 e. The van der Waals surface area contributed by atoms with Gasteiger partial charge in [0.2, 0.25) is 0 Å². The van der Waals surface area contributed by atoms with Gasteiger partial charge >= 0.3 is 23.7 Å². The Morgan fingerprint density at radius 1 is 0.701 bits per heavy atom. The number of aromatic nitrogens is 4. The Kier molecular flexibility index (Phi) is 20.6. The number of halogens is 1. The zero-order chi connectivity index (χ0) is 56.0. The molecule has 15 nitrogen and oxygen atoms in total. The minimum absolute atomic E-state index is 0.130. The Balaban J connectivity index is 0.000000182. The molecule has 4 saturated heterocycles. The lowest BCUT2D eigenvalue weighted by atomic mass is 9.89. The number of carboxylic acids is 1. The van der Waals surface area contributed by atoms with Gasteiger partial charge in [-0.15, -0.1) is 22.7 Å².